The van der Waals surface area contributed by atoms with Crippen molar-refractivity contribution in [3.8, 4) is 0 Å². The van der Waals surface area contributed by atoms with Gasteiger partial charge in [0.2, 0.25) is 0 Å². The van der Waals surface area contributed by atoms with Crippen LogP contribution in [0.1, 0.15) is 93.4 Å². The largest absolute Gasteiger partial charge is 0.463 e. The van der Waals surface area contributed by atoms with Crippen molar-refractivity contribution in [3.63, 3.8) is 0 Å². The van der Waals surface area contributed by atoms with Gasteiger partial charge in [0.25, 0.3) is 0 Å². The van der Waals surface area contributed by atoms with E-state index < -0.39 is 48.2 Å². The molecule has 1 aliphatic carbocycles. The zero-order valence-electron chi connectivity index (χ0n) is 24.2. The highest BCUT2D eigenvalue weighted by Gasteiger charge is 2.49. The highest BCUT2D eigenvalue weighted by molar-refractivity contribution is 5.66. The van der Waals surface area contributed by atoms with E-state index in [9.17, 15) is 19.8 Å². The summed E-state index contributed by atoms with van der Waals surface area (Å²) in [5, 5.41) is 21.7. The Hall–Kier alpha value is -2.00. The van der Waals surface area contributed by atoms with Gasteiger partial charge in [-0.15, -0.1) is 0 Å². The SMILES string of the molecule is CC(=O)OC[C@H]1O[C@@H](OC(C)(C)[C@@H]2C/C=C(\C)CC/C=C(\C)CC/C=C(\C)CC2)[C@H](O)[C@@H](O)[C@H]1OC(C)=O. The zero-order valence-corrected chi connectivity index (χ0v) is 24.2. The number of carbonyl (C=O) groups is 2. The molecule has 0 aromatic carbocycles. The van der Waals surface area contributed by atoms with Crippen LogP contribution in [0.3, 0.4) is 0 Å². The van der Waals surface area contributed by atoms with Crippen LogP contribution < -0.4 is 0 Å². The van der Waals surface area contributed by atoms with Gasteiger partial charge >= 0.3 is 11.9 Å². The Bertz CT molecular complexity index is 887. The summed E-state index contributed by atoms with van der Waals surface area (Å²) in [6.07, 6.45) is 7.33. The molecule has 6 atom stereocenters. The number of hydrogen-bond donors (Lipinski definition) is 2. The van der Waals surface area contributed by atoms with Gasteiger partial charge in [0.1, 0.15) is 24.9 Å². The molecule has 8 nitrogen and oxygen atoms in total. The van der Waals surface area contributed by atoms with Gasteiger partial charge < -0.3 is 29.2 Å². The first-order valence-electron chi connectivity index (χ1n) is 13.8. The third-order valence-electron chi connectivity index (χ3n) is 7.50. The summed E-state index contributed by atoms with van der Waals surface area (Å²) in [6, 6.07) is 0. The van der Waals surface area contributed by atoms with Crippen molar-refractivity contribution in [2.45, 2.75) is 130 Å². The smallest absolute Gasteiger partial charge is 0.303 e. The molecule has 8 heteroatoms. The topological polar surface area (TPSA) is 112 Å². The van der Waals surface area contributed by atoms with Gasteiger partial charge in [-0.2, -0.15) is 0 Å². The van der Waals surface area contributed by atoms with Crippen LogP contribution in [0.25, 0.3) is 0 Å². The van der Waals surface area contributed by atoms with Crippen LogP contribution in [0, 0.1) is 5.92 Å². The minimum Gasteiger partial charge on any atom is -0.463 e. The Labute approximate surface area is 228 Å². The van der Waals surface area contributed by atoms with Crippen molar-refractivity contribution in [2.75, 3.05) is 6.61 Å². The standard InChI is InChI=1S/C30H48O8/c1-19-10-8-12-20(2)14-16-24(17-15-21(3)13-9-11-19)30(6,7)38-29-27(34)26(33)28(36-23(5)32)25(37-29)18-35-22(4)31/h10,13-14,24-29,33-34H,8-9,11-12,15-18H2,1-7H3/b19-10+,20-14+,21-13+/t24-,25-,26-,27-,28+,29+/m1/s1. The first-order valence-corrected chi connectivity index (χ1v) is 13.8. The first kappa shape index (κ1) is 32.2. The predicted molar refractivity (Wildman–Crippen MR) is 145 cm³/mol. The lowest BCUT2D eigenvalue weighted by Gasteiger charge is -2.45. The van der Waals surface area contributed by atoms with Crippen LogP contribution >= 0.6 is 0 Å². The normalized spacial score (nSPS) is 34.4. The molecule has 0 aromatic rings. The van der Waals surface area contributed by atoms with Crippen LogP contribution in [0.15, 0.2) is 34.9 Å². The average Bonchev–Trinajstić information content (AvgIpc) is 2.81. The van der Waals surface area contributed by atoms with E-state index in [1.54, 1.807) is 0 Å². The second-order valence-electron chi connectivity index (χ2n) is 11.3. The van der Waals surface area contributed by atoms with Crippen molar-refractivity contribution in [1.82, 2.24) is 0 Å². The molecule has 1 aliphatic heterocycles. The molecule has 0 aromatic heterocycles. The summed E-state index contributed by atoms with van der Waals surface area (Å²) in [5.41, 5.74) is 3.37. The Morgan fingerprint density at radius 3 is 2.08 bits per heavy atom. The predicted octanol–water partition coefficient (Wildman–Crippen LogP) is 4.92. The molecular weight excluding hydrogens is 488 g/mol. The van der Waals surface area contributed by atoms with Crippen LogP contribution in [0.2, 0.25) is 0 Å². The Morgan fingerprint density at radius 2 is 1.50 bits per heavy atom. The first-order chi connectivity index (χ1) is 17.8. The van der Waals surface area contributed by atoms with Crippen LogP contribution in [-0.4, -0.2) is 65.1 Å². The zero-order chi connectivity index (χ0) is 28.5. The van der Waals surface area contributed by atoms with Gasteiger partial charge in [0.15, 0.2) is 12.4 Å². The molecule has 1 saturated heterocycles. The number of allylic oxidation sites excluding steroid dienone is 6. The highest BCUT2D eigenvalue weighted by Crippen LogP contribution is 2.35. The number of ether oxygens (including phenoxy) is 4. The van der Waals surface area contributed by atoms with E-state index in [2.05, 4.69) is 39.0 Å². The Morgan fingerprint density at radius 1 is 0.921 bits per heavy atom. The van der Waals surface area contributed by atoms with E-state index in [1.807, 2.05) is 13.8 Å². The fourth-order valence-corrected chi connectivity index (χ4v) is 4.96. The molecule has 0 unspecified atom stereocenters. The van der Waals surface area contributed by atoms with Crippen molar-refractivity contribution in [3.05, 3.63) is 34.9 Å². The number of rotatable bonds is 6. The van der Waals surface area contributed by atoms with E-state index in [0.717, 1.165) is 44.9 Å². The lowest BCUT2D eigenvalue weighted by molar-refractivity contribution is -0.329. The van der Waals surface area contributed by atoms with Gasteiger partial charge in [-0.25, -0.2) is 0 Å². The number of carbonyl (C=O) groups excluding carboxylic acids is 2. The summed E-state index contributed by atoms with van der Waals surface area (Å²) in [5.74, 6) is -1.08. The fraction of sp³-hybridized carbons (Fsp3) is 0.733. The van der Waals surface area contributed by atoms with E-state index >= 15 is 0 Å². The maximum Gasteiger partial charge on any atom is 0.303 e. The molecule has 1 fully saturated rings. The molecule has 0 bridgehead atoms. The maximum atomic E-state index is 11.6. The molecule has 0 radical (unpaired) electrons. The third kappa shape index (κ3) is 10.3. The third-order valence-corrected chi connectivity index (χ3v) is 7.50. The van der Waals surface area contributed by atoms with Gasteiger partial charge in [0, 0.05) is 13.8 Å². The summed E-state index contributed by atoms with van der Waals surface area (Å²) in [4.78, 5) is 23.0. The fourth-order valence-electron chi connectivity index (χ4n) is 4.96. The molecule has 38 heavy (non-hydrogen) atoms. The lowest BCUT2D eigenvalue weighted by Crippen LogP contribution is -2.62. The molecule has 1 heterocycles. The Kier molecular flexibility index (Phi) is 12.7. The molecule has 2 aliphatic rings. The summed E-state index contributed by atoms with van der Waals surface area (Å²) >= 11 is 0. The van der Waals surface area contributed by atoms with E-state index in [1.165, 1.54) is 30.6 Å². The molecule has 2 N–H and O–H groups in total. The van der Waals surface area contributed by atoms with Crippen molar-refractivity contribution in [1.29, 1.82) is 0 Å². The van der Waals surface area contributed by atoms with E-state index in [0.29, 0.717) is 0 Å². The number of aliphatic hydroxyl groups excluding tert-OH is 2. The van der Waals surface area contributed by atoms with Crippen molar-refractivity contribution < 1.29 is 38.7 Å². The van der Waals surface area contributed by atoms with Crippen LogP contribution in [0.5, 0.6) is 0 Å². The molecule has 2 rings (SSSR count). The molecule has 0 amide bonds. The van der Waals surface area contributed by atoms with Crippen molar-refractivity contribution in [2.24, 2.45) is 5.92 Å². The van der Waals surface area contributed by atoms with Gasteiger partial charge in [-0.1, -0.05) is 34.9 Å². The summed E-state index contributed by atoms with van der Waals surface area (Å²) < 4.78 is 22.6. The second kappa shape index (κ2) is 15.0. The molecule has 0 saturated carbocycles. The van der Waals surface area contributed by atoms with Gasteiger partial charge in [-0.05, 0) is 85.5 Å². The summed E-state index contributed by atoms with van der Waals surface area (Å²) in [7, 11) is 0. The second-order valence-corrected chi connectivity index (χ2v) is 11.3. The number of aliphatic hydroxyl groups is 2. The summed E-state index contributed by atoms with van der Waals surface area (Å²) in [6.45, 7) is 12.7. The number of hydrogen-bond acceptors (Lipinski definition) is 8. The van der Waals surface area contributed by atoms with E-state index in [-0.39, 0.29) is 12.5 Å². The Balaban J connectivity index is 2.24. The highest BCUT2D eigenvalue weighted by atomic mass is 16.7. The number of esters is 2. The van der Waals surface area contributed by atoms with Crippen LogP contribution in [-0.2, 0) is 28.5 Å². The van der Waals surface area contributed by atoms with Crippen LogP contribution in [0.4, 0.5) is 0 Å². The van der Waals surface area contributed by atoms with Gasteiger partial charge in [-0.3, -0.25) is 9.59 Å². The monoisotopic (exact) mass is 536 g/mol. The minimum atomic E-state index is -1.47. The minimum absolute atomic E-state index is 0.104. The maximum absolute atomic E-state index is 11.6. The van der Waals surface area contributed by atoms with E-state index in [4.69, 9.17) is 18.9 Å². The molecule has 216 valence electrons. The quantitative estimate of drug-likeness (QED) is 0.363. The average molecular weight is 537 g/mol. The lowest BCUT2D eigenvalue weighted by atomic mass is 9.82. The molecule has 0 spiro atoms. The van der Waals surface area contributed by atoms with Gasteiger partial charge in [0.05, 0.1) is 5.60 Å². The van der Waals surface area contributed by atoms with Crippen molar-refractivity contribution >= 4 is 11.9 Å². The molecular formula is C30H48O8.